The molecule has 0 saturated carbocycles. The van der Waals surface area contributed by atoms with Crippen LogP contribution in [-0.4, -0.2) is 41.9 Å². The van der Waals surface area contributed by atoms with Crippen LogP contribution in [0.3, 0.4) is 0 Å². The number of hydrogen-bond donors (Lipinski definition) is 2. The van der Waals surface area contributed by atoms with Crippen molar-refractivity contribution in [2.75, 3.05) is 30.3 Å². The molecule has 2 aliphatic rings. The fourth-order valence-electron chi connectivity index (χ4n) is 4.22. The summed E-state index contributed by atoms with van der Waals surface area (Å²) in [4.78, 5) is 27.3. The zero-order valence-corrected chi connectivity index (χ0v) is 17.6. The Bertz CT molecular complexity index is 935. The van der Waals surface area contributed by atoms with Crippen LogP contribution < -0.4 is 15.4 Å². The molecule has 1 unspecified atom stereocenters. The molecule has 0 radical (unpaired) electrons. The third kappa shape index (κ3) is 3.86. The van der Waals surface area contributed by atoms with E-state index in [1.807, 2.05) is 42.5 Å². The topological polar surface area (TPSA) is 70.7 Å². The number of amides is 2. The molecule has 0 aromatic heterocycles. The highest BCUT2D eigenvalue weighted by Gasteiger charge is 2.45. The van der Waals surface area contributed by atoms with Crippen LogP contribution in [-0.2, 0) is 9.59 Å². The molecule has 0 aliphatic carbocycles. The summed E-state index contributed by atoms with van der Waals surface area (Å²) in [7, 11) is 0. The maximum Gasteiger partial charge on any atom is 0.260 e. The lowest BCUT2D eigenvalue weighted by atomic mass is 9.84. The van der Waals surface area contributed by atoms with Crippen LogP contribution in [0, 0.1) is 0 Å². The number of benzene rings is 2. The predicted molar refractivity (Wildman–Crippen MR) is 118 cm³/mol. The van der Waals surface area contributed by atoms with Gasteiger partial charge in [-0.2, -0.15) is 0 Å². The summed E-state index contributed by atoms with van der Waals surface area (Å²) in [5.74, 6) is 1.09. The van der Waals surface area contributed by atoms with Crippen molar-refractivity contribution in [1.29, 1.82) is 0 Å². The van der Waals surface area contributed by atoms with E-state index in [9.17, 15) is 9.59 Å². The Morgan fingerprint density at radius 1 is 1.10 bits per heavy atom. The van der Waals surface area contributed by atoms with E-state index in [0.29, 0.717) is 31.8 Å². The van der Waals surface area contributed by atoms with Crippen LogP contribution in [0.25, 0.3) is 0 Å². The number of hydrogen-bond acceptors (Lipinski definition) is 4. The summed E-state index contributed by atoms with van der Waals surface area (Å²) >= 11 is 0. The lowest BCUT2D eigenvalue weighted by Crippen LogP contribution is -2.59. The molecule has 1 saturated heterocycles. The number of carbonyl (C=O) groups is 2. The van der Waals surface area contributed by atoms with Gasteiger partial charge in [-0.05, 0) is 48.9 Å². The van der Waals surface area contributed by atoms with Gasteiger partial charge >= 0.3 is 0 Å². The minimum Gasteiger partial charge on any atom is -0.483 e. The van der Waals surface area contributed by atoms with Crippen molar-refractivity contribution in [1.82, 2.24) is 4.90 Å². The highest BCUT2D eigenvalue weighted by Crippen LogP contribution is 2.36. The lowest BCUT2D eigenvalue weighted by molar-refractivity contribution is -0.136. The molecule has 2 amide bonds. The van der Waals surface area contributed by atoms with Crippen LogP contribution in [0.5, 0.6) is 5.75 Å². The number of carbonyl (C=O) groups excluding carboxylic acids is 2. The third-order valence-corrected chi connectivity index (χ3v) is 6.37. The maximum atomic E-state index is 12.8. The van der Waals surface area contributed by atoms with E-state index in [-0.39, 0.29) is 18.4 Å². The molecule has 1 fully saturated rings. The average molecular weight is 408 g/mol. The number of nitrogens with one attached hydrogen (secondary N) is 2. The second kappa shape index (κ2) is 8.38. The van der Waals surface area contributed by atoms with Crippen molar-refractivity contribution >= 4 is 23.2 Å². The molecule has 6 nitrogen and oxygen atoms in total. The number of ether oxygens (including phenoxy) is 1. The molecular weight excluding hydrogens is 378 g/mol. The SMILES string of the molecule is CCC(C)c1ccccc1OCC(=O)N1CCC2(CC1)Nc1ccccc1NC2=O. The van der Waals surface area contributed by atoms with Gasteiger partial charge in [0, 0.05) is 13.1 Å². The fourth-order valence-corrected chi connectivity index (χ4v) is 4.22. The van der Waals surface area contributed by atoms with Crippen LogP contribution in [0.2, 0.25) is 0 Å². The van der Waals surface area contributed by atoms with E-state index in [4.69, 9.17) is 4.74 Å². The van der Waals surface area contributed by atoms with Gasteiger partial charge in [0.25, 0.3) is 5.91 Å². The van der Waals surface area contributed by atoms with Crippen molar-refractivity contribution in [3.05, 3.63) is 54.1 Å². The van der Waals surface area contributed by atoms with Gasteiger partial charge in [-0.1, -0.05) is 44.2 Å². The van der Waals surface area contributed by atoms with E-state index >= 15 is 0 Å². The van der Waals surface area contributed by atoms with E-state index in [0.717, 1.165) is 29.1 Å². The van der Waals surface area contributed by atoms with Crippen molar-refractivity contribution in [2.45, 2.75) is 44.6 Å². The molecule has 2 aromatic carbocycles. The molecule has 4 rings (SSSR count). The number of nitrogens with zero attached hydrogens (tertiary/aromatic N) is 1. The number of piperidine rings is 1. The van der Waals surface area contributed by atoms with E-state index in [1.165, 1.54) is 0 Å². The first-order valence-corrected chi connectivity index (χ1v) is 10.7. The summed E-state index contributed by atoms with van der Waals surface area (Å²) in [5, 5.41) is 6.43. The Labute approximate surface area is 177 Å². The van der Waals surface area contributed by atoms with Gasteiger partial charge in [0.15, 0.2) is 6.61 Å². The maximum absolute atomic E-state index is 12.8. The first-order valence-electron chi connectivity index (χ1n) is 10.7. The summed E-state index contributed by atoms with van der Waals surface area (Å²) in [6.07, 6.45) is 2.16. The normalized spacial score (nSPS) is 18.2. The van der Waals surface area contributed by atoms with Gasteiger partial charge in [0.05, 0.1) is 11.4 Å². The zero-order chi connectivity index (χ0) is 21.1. The van der Waals surface area contributed by atoms with Crippen LogP contribution >= 0.6 is 0 Å². The first kappa shape index (κ1) is 20.3. The number of rotatable bonds is 5. The molecule has 1 spiro atoms. The van der Waals surface area contributed by atoms with Crippen LogP contribution in [0.15, 0.2) is 48.5 Å². The van der Waals surface area contributed by atoms with Gasteiger partial charge in [-0.3, -0.25) is 9.59 Å². The summed E-state index contributed by atoms with van der Waals surface area (Å²) < 4.78 is 5.89. The van der Waals surface area contributed by atoms with Crippen molar-refractivity contribution < 1.29 is 14.3 Å². The quantitative estimate of drug-likeness (QED) is 0.786. The molecule has 2 heterocycles. The Morgan fingerprint density at radius 2 is 1.77 bits per heavy atom. The minimum absolute atomic E-state index is 0.0168. The molecule has 0 bridgehead atoms. The van der Waals surface area contributed by atoms with E-state index < -0.39 is 5.54 Å². The third-order valence-electron chi connectivity index (χ3n) is 6.37. The van der Waals surface area contributed by atoms with E-state index in [2.05, 4.69) is 30.5 Å². The molecule has 2 aromatic rings. The van der Waals surface area contributed by atoms with Crippen LogP contribution in [0.1, 0.15) is 44.6 Å². The monoisotopic (exact) mass is 407 g/mol. The molecule has 2 aliphatic heterocycles. The number of likely N-dealkylation sites (tertiary alicyclic amines) is 1. The highest BCUT2D eigenvalue weighted by molar-refractivity contribution is 6.06. The molecule has 1 atom stereocenters. The van der Waals surface area contributed by atoms with Crippen molar-refractivity contribution in [2.24, 2.45) is 0 Å². The average Bonchev–Trinajstić information content (AvgIpc) is 2.78. The Hall–Kier alpha value is -3.02. The Balaban J connectivity index is 1.36. The van der Waals surface area contributed by atoms with Gasteiger partial charge in [-0.25, -0.2) is 0 Å². The molecular formula is C24H29N3O3. The van der Waals surface area contributed by atoms with Gasteiger partial charge in [-0.15, -0.1) is 0 Å². The van der Waals surface area contributed by atoms with Crippen molar-refractivity contribution in [3.63, 3.8) is 0 Å². The van der Waals surface area contributed by atoms with Gasteiger partial charge < -0.3 is 20.3 Å². The standard InChI is InChI=1S/C24H29N3O3/c1-3-17(2)18-8-4-7-11-21(18)30-16-22(28)27-14-12-24(13-15-27)23(29)25-19-9-5-6-10-20(19)26-24/h4-11,17,26H,3,12-16H2,1-2H3,(H,25,29). The summed E-state index contributed by atoms with van der Waals surface area (Å²) in [6.45, 7) is 5.37. The lowest BCUT2D eigenvalue weighted by Gasteiger charge is -2.44. The number of anilines is 2. The largest absolute Gasteiger partial charge is 0.483 e. The second-order valence-electron chi connectivity index (χ2n) is 8.22. The summed E-state index contributed by atoms with van der Waals surface area (Å²) in [6, 6.07) is 15.6. The smallest absolute Gasteiger partial charge is 0.260 e. The number of para-hydroxylation sites is 3. The molecule has 158 valence electrons. The molecule has 2 N–H and O–H groups in total. The summed E-state index contributed by atoms with van der Waals surface area (Å²) in [5.41, 5.74) is 2.21. The van der Waals surface area contributed by atoms with Crippen molar-refractivity contribution in [3.8, 4) is 5.75 Å². The Kier molecular flexibility index (Phi) is 5.66. The van der Waals surface area contributed by atoms with E-state index in [1.54, 1.807) is 4.90 Å². The second-order valence-corrected chi connectivity index (χ2v) is 8.22. The number of fused-ring (bicyclic) bond motifs is 1. The zero-order valence-electron chi connectivity index (χ0n) is 17.6. The predicted octanol–water partition coefficient (Wildman–Crippen LogP) is 4.00. The highest BCUT2D eigenvalue weighted by atomic mass is 16.5. The fraction of sp³-hybridized carbons (Fsp3) is 0.417. The van der Waals surface area contributed by atoms with Gasteiger partial charge in [0.2, 0.25) is 5.91 Å². The minimum atomic E-state index is -0.658. The molecule has 6 heteroatoms. The van der Waals surface area contributed by atoms with Crippen LogP contribution in [0.4, 0.5) is 11.4 Å². The molecule has 30 heavy (non-hydrogen) atoms. The Morgan fingerprint density at radius 3 is 2.50 bits per heavy atom. The first-order chi connectivity index (χ1) is 14.5. The van der Waals surface area contributed by atoms with Gasteiger partial charge in [0.1, 0.15) is 11.3 Å².